The van der Waals surface area contributed by atoms with Crippen LogP contribution < -0.4 is 0 Å². The van der Waals surface area contributed by atoms with Crippen molar-refractivity contribution < 1.29 is 114 Å². The smallest absolute Gasteiger partial charge is 0.189 e. The largest absolute Gasteiger partial charge is 0.394 e. The van der Waals surface area contributed by atoms with Crippen molar-refractivity contribution in [2.24, 2.45) is 46.3 Å². The lowest BCUT2D eigenvalue weighted by atomic mass is 9.47. The molecule has 13 N–H and O–H groups in total. The van der Waals surface area contributed by atoms with Gasteiger partial charge in [-0.05, 0) is 92.8 Å². The summed E-state index contributed by atoms with van der Waals surface area (Å²) in [4.78, 5) is 0. The minimum atomic E-state index is -1.88. The fraction of sp³-hybridized carbons (Fsp3) is 0.961. The highest BCUT2D eigenvalue weighted by molar-refractivity contribution is 5.26. The molecule has 10 aliphatic rings. The molecule has 74 heavy (non-hydrogen) atoms. The molecule has 32 atom stereocenters. The molecular formula is C51H82O23. The number of fused-ring (bicyclic) bond motifs is 7. The standard InChI is InChI=1S/C51H82O23/c1-19-8-13-51(74-44(19)72-47-41(64)38(61)34(57)29(17-53)68-47)20(2)31-27(73-51)15-26-24-7-6-22-14-23(9-11-49(22,4)25(24)10-12-50(26,31)5)66-48-43(71-45-39(62)36(59)32(55)21(3)65-45)42(35(58)30(18-54)69-48)70-46-40(63)37(60)33(56)28(16-52)67-46/h6,19-21,23-48,52-64H,7-18H2,1-5H3/t19-,20+,21+,23+,24+,25-,26+,27-,28-,29-,30-,31-,32+,33-,34-,35-,36-,37+,38+,39-,40-,41-,42+,43-,44-,45+,46+,47+,48-,49+,50+,51+/m1/s1. The van der Waals surface area contributed by atoms with E-state index >= 15 is 0 Å². The van der Waals surface area contributed by atoms with Crippen LogP contribution in [0.1, 0.15) is 92.4 Å². The topological polar surface area (TPSA) is 355 Å². The third kappa shape index (κ3) is 9.38. The molecule has 6 heterocycles. The van der Waals surface area contributed by atoms with Crippen molar-refractivity contribution >= 4 is 0 Å². The number of rotatable bonds is 11. The van der Waals surface area contributed by atoms with Gasteiger partial charge in [-0.15, -0.1) is 0 Å². The zero-order valence-corrected chi connectivity index (χ0v) is 42.7. The average Bonchev–Trinajstić information content (AvgIpc) is 3.83. The van der Waals surface area contributed by atoms with Crippen LogP contribution in [0.2, 0.25) is 0 Å². The first kappa shape index (κ1) is 56.1. The SMILES string of the molecule is C[C@@H]1CC[C@@]2(O[C@H]1O[C@@H]1O[C@H](CO)[C@@H](O)[C@H](O)[C@H]1O)O[C@@H]1C[C@H]3[C@H]4CC=C5C[C@@H](O[C@@H]6O[C@H](CO)[C@@H](O)[C@H](O[C@@H]7O[C@H](CO)[C@@H](O)[C@H](O)[C@H]7O)[C@H]6O[C@@H]6O[C@@H](C)[C@H](O)[C@@H](O)[C@H]6O)CC[C@]5(C)[C@@H]4CC[C@]3(C)[C@@H]1[C@@H]2C. The minimum absolute atomic E-state index is 0.00174. The van der Waals surface area contributed by atoms with Crippen molar-refractivity contribution in [3.05, 3.63) is 11.6 Å². The molecule has 3 saturated carbocycles. The lowest BCUT2D eigenvalue weighted by Gasteiger charge is -2.59. The van der Waals surface area contributed by atoms with Crippen molar-refractivity contribution in [2.45, 2.75) is 240 Å². The first-order valence-corrected chi connectivity index (χ1v) is 27.0. The van der Waals surface area contributed by atoms with E-state index in [-0.39, 0.29) is 34.7 Å². The van der Waals surface area contributed by atoms with Gasteiger partial charge in [0.15, 0.2) is 37.2 Å². The first-order valence-electron chi connectivity index (χ1n) is 27.0. The molecule has 6 saturated heterocycles. The second kappa shape index (κ2) is 21.4. The van der Waals surface area contributed by atoms with Crippen LogP contribution >= 0.6 is 0 Å². The summed E-state index contributed by atoms with van der Waals surface area (Å²) in [5, 5.41) is 138. The fourth-order valence-corrected chi connectivity index (χ4v) is 15.5. The van der Waals surface area contributed by atoms with Crippen LogP contribution in [0.25, 0.3) is 0 Å². The summed E-state index contributed by atoms with van der Waals surface area (Å²) < 4.78 is 62.6. The molecule has 9 fully saturated rings. The molecule has 0 aromatic carbocycles. The predicted molar refractivity (Wildman–Crippen MR) is 248 cm³/mol. The van der Waals surface area contributed by atoms with Crippen molar-refractivity contribution in [3.8, 4) is 0 Å². The van der Waals surface area contributed by atoms with Crippen molar-refractivity contribution in [1.29, 1.82) is 0 Å². The van der Waals surface area contributed by atoms with Gasteiger partial charge in [0.25, 0.3) is 0 Å². The Morgan fingerprint density at radius 2 is 1.11 bits per heavy atom. The number of aliphatic hydroxyl groups is 13. The third-order valence-electron chi connectivity index (χ3n) is 19.9. The number of hydrogen-bond acceptors (Lipinski definition) is 23. The Morgan fingerprint density at radius 3 is 1.74 bits per heavy atom. The van der Waals surface area contributed by atoms with Crippen LogP contribution in [0, 0.1) is 46.3 Å². The highest BCUT2D eigenvalue weighted by Gasteiger charge is 2.70. The van der Waals surface area contributed by atoms with Gasteiger partial charge in [-0.1, -0.05) is 39.3 Å². The average molecular weight is 1060 g/mol. The van der Waals surface area contributed by atoms with E-state index in [1.807, 2.05) is 6.92 Å². The van der Waals surface area contributed by atoms with E-state index in [1.165, 1.54) is 12.5 Å². The van der Waals surface area contributed by atoms with E-state index in [0.717, 1.165) is 38.5 Å². The molecule has 6 aliphatic heterocycles. The van der Waals surface area contributed by atoms with Crippen LogP contribution in [-0.4, -0.2) is 233 Å². The maximum atomic E-state index is 11.7. The van der Waals surface area contributed by atoms with E-state index in [9.17, 15) is 66.4 Å². The molecule has 0 radical (unpaired) electrons. The molecule has 0 amide bonds. The van der Waals surface area contributed by atoms with E-state index in [4.69, 9.17) is 47.4 Å². The zero-order valence-electron chi connectivity index (χ0n) is 42.7. The molecule has 0 aromatic rings. The van der Waals surface area contributed by atoms with Gasteiger partial charge in [0.05, 0.1) is 38.1 Å². The number of hydrogen-bond donors (Lipinski definition) is 13. The second-order valence-electron chi connectivity index (χ2n) is 24.0. The van der Waals surface area contributed by atoms with Gasteiger partial charge in [0.2, 0.25) is 0 Å². The number of allylic oxidation sites excluding steroid dienone is 1. The summed E-state index contributed by atoms with van der Waals surface area (Å²) in [6.07, 6.45) is -22.9. The highest BCUT2D eigenvalue weighted by Crippen LogP contribution is 2.71. The molecule has 424 valence electrons. The summed E-state index contributed by atoms with van der Waals surface area (Å²) >= 11 is 0. The van der Waals surface area contributed by atoms with E-state index in [2.05, 4.69) is 26.8 Å². The highest BCUT2D eigenvalue weighted by atomic mass is 16.8. The Labute approximate surface area is 430 Å². The number of aliphatic hydroxyl groups excluding tert-OH is 13. The lowest BCUT2D eigenvalue weighted by molar-refractivity contribution is -0.398. The van der Waals surface area contributed by atoms with Gasteiger partial charge in [-0.3, -0.25) is 0 Å². The zero-order chi connectivity index (χ0) is 53.1. The number of ether oxygens (including phenoxy) is 10. The summed E-state index contributed by atoms with van der Waals surface area (Å²) in [7, 11) is 0. The Morgan fingerprint density at radius 1 is 0.541 bits per heavy atom. The van der Waals surface area contributed by atoms with E-state index < -0.39 is 161 Å². The minimum Gasteiger partial charge on any atom is -0.394 e. The Bertz CT molecular complexity index is 1970. The maximum Gasteiger partial charge on any atom is 0.189 e. The van der Waals surface area contributed by atoms with Gasteiger partial charge in [0, 0.05) is 18.3 Å². The molecule has 0 unspecified atom stereocenters. The van der Waals surface area contributed by atoms with Crippen molar-refractivity contribution in [3.63, 3.8) is 0 Å². The van der Waals surface area contributed by atoms with Gasteiger partial charge in [-0.2, -0.15) is 0 Å². The molecule has 0 aromatic heterocycles. The molecular weight excluding hydrogens is 981 g/mol. The summed E-state index contributed by atoms with van der Waals surface area (Å²) in [6.45, 7) is 8.39. The quantitative estimate of drug-likeness (QED) is 0.0941. The maximum absolute atomic E-state index is 11.7. The predicted octanol–water partition coefficient (Wildman–Crippen LogP) is -2.64. The summed E-state index contributed by atoms with van der Waals surface area (Å²) in [6, 6.07) is 0. The third-order valence-corrected chi connectivity index (χ3v) is 19.9. The van der Waals surface area contributed by atoms with Gasteiger partial charge < -0.3 is 114 Å². The van der Waals surface area contributed by atoms with Gasteiger partial charge >= 0.3 is 0 Å². The van der Waals surface area contributed by atoms with Crippen LogP contribution in [0.5, 0.6) is 0 Å². The van der Waals surface area contributed by atoms with Crippen LogP contribution in [-0.2, 0) is 47.4 Å². The van der Waals surface area contributed by atoms with Gasteiger partial charge in [-0.25, -0.2) is 0 Å². The molecule has 10 rings (SSSR count). The normalized spacial score (nSPS) is 57.5. The molecule has 4 aliphatic carbocycles. The molecule has 23 nitrogen and oxygen atoms in total. The fourth-order valence-electron chi connectivity index (χ4n) is 15.5. The summed E-state index contributed by atoms with van der Waals surface area (Å²) in [5.41, 5.74) is 1.03. The second-order valence-corrected chi connectivity index (χ2v) is 24.0. The van der Waals surface area contributed by atoms with Gasteiger partial charge in [0.1, 0.15) is 91.6 Å². The Hall–Kier alpha value is -1.18. The van der Waals surface area contributed by atoms with E-state index in [0.29, 0.717) is 37.0 Å². The van der Waals surface area contributed by atoms with Crippen molar-refractivity contribution in [2.75, 3.05) is 19.8 Å². The van der Waals surface area contributed by atoms with E-state index in [1.54, 1.807) is 0 Å². The molecule has 1 spiro atoms. The first-order chi connectivity index (χ1) is 35.1. The lowest BCUT2D eigenvalue weighted by Crippen LogP contribution is -2.67. The molecule has 0 bridgehead atoms. The van der Waals surface area contributed by atoms with Crippen LogP contribution in [0.3, 0.4) is 0 Å². The summed E-state index contributed by atoms with van der Waals surface area (Å²) in [5.74, 6) is 0.299. The monoisotopic (exact) mass is 1060 g/mol. The Balaban J connectivity index is 0.841. The van der Waals surface area contributed by atoms with Crippen LogP contribution in [0.4, 0.5) is 0 Å². The Kier molecular flexibility index (Phi) is 16.2. The van der Waals surface area contributed by atoms with Crippen LogP contribution in [0.15, 0.2) is 11.6 Å². The van der Waals surface area contributed by atoms with Crippen molar-refractivity contribution in [1.82, 2.24) is 0 Å². The molecule has 23 heteroatoms.